The highest BCUT2D eigenvalue weighted by molar-refractivity contribution is 6.10. The molecule has 1 saturated heterocycles. The number of pyridine rings is 2. The van der Waals surface area contributed by atoms with Gasteiger partial charge >= 0.3 is 6.18 Å². The Morgan fingerprint density at radius 3 is 2.75 bits per heavy atom. The number of piperidine rings is 1. The summed E-state index contributed by atoms with van der Waals surface area (Å²) in [5.74, 6) is -0.0216. The third-order valence-corrected chi connectivity index (χ3v) is 5.23. The Bertz CT molecular complexity index is 1010. The number of hydrogen-bond acceptors (Lipinski definition) is 4. The minimum absolute atomic E-state index is 0.396. The lowest BCUT2D eigenvalue weighted by Gasteiger charge is -2.34. The van der Waals surface area contributed by atoms with Gasteiger partial charge in [0.05, 0.1) is 0 Å². The normalized spacial score (nSPS) is 16.1. The van der Waals surface area contributed by atoms with Crippen LogP contribution in [0.2, 0.25) is 0 Å². The van der Waals surface area contributed by atoms with Gasteiger partial charge in [-0.3, -0.25) is 4.79 Å². The van der Waals surface area contributed by atoms with Gasteiger partial charge in [-0.05, 0) is 25.0 Å². The van der Waals surface area contributed by atoms with Crippen molar-refractivity contribution in [2.75, 3.05) is 31.6 Å². The minimum Gasteiger partial charge on any atom is -0.356 e. The first-order chi connectivity index (χ1) is 13.3. The minimum atomic E-state index is -4.38. The van der Waals surface area contributed by atoms with Crippen molar-refractivity contribution in [2.24, 2.45) is 5.92 Å². The first kappa shape index (κ1) is 18.5. The molecule has 0 spiro atoms. The number of hydrogen-bond donors (Lipinski definition) is 1. The van der Waals surface area contributed by atoms with Gasteiger partial charge in [0.15, 0.2) is 0 Å². The maximum atomic E-state index is 12.5. The highest BCUT2D eigenvalue weighted by Gasteiger charge is 2.35. The molecule has 6 nitrogen and oxygen atoms in total. The summed E-state index contributed by atoms with van der Waals surface area (Å²) in [6.07, 6.45) is 1.97. The zero-order chi connectivity index (χ0) is 19.9. The fourth-order valence-electron chi connectivity index (χ4n) is 3.89. The zero-order valence-corrected chi connectivity index (χ0v) is 15.3. The van der Waals surface area contributed by atoms with Gasteiger partial charge in [-0.2, -0.15) is 13.2 Å². The Kier molecular flexibility index (Phi) is 4.60. The van der Waals surface area contributed by atoms with Gasteiger partial charge in [-0.15, -0.1) is 0 Å². The third kappa shape index (κ3) is 3.48. The summed E-state index contributed by atoms with van der Waals surface area (Å²) < 4.78 is 37.6. The van der Waals surface area contributed by atoms with E-state index in [2.05, 4.69) is 19.9 Å². The number of fused-ring (bicyclic) bond motifs is 3. The standard InChI is InChI=1S/C19H20F3N5O/c1-26(11-19(20,21)22)18(28)12-4-8-27(9-5-12)17-15-13(2-6-24-17)10-25-16-14(15)3-7-23-16/h2-3,6-7,10,12H,4-5,8-9,11H2,1H3,(H,23,25). The average Bonchev–Trinajstić information content (AvgIpc) is 3.15. The highest BCUT2D eigenvalue weighted by Crippen LogP contribution is 2.33. The molecule has 1 aliphatic rings. The first-order valence-electron chi connectivity index (χ1n) is 9.11. The first-order valence-corrected chi connectivity index (χ1v) is 9.11. The van der Waals surface area contributed by atoms with E-state index in [-0.39, 0.29) is 0 Å². The van der Waals surface area contributed by atoms with Gasteiger partial charge in [0, 0.05) is 60.8 Å². The van der Waals surface area contributed by atoms with Crippen molar-refractivity contribution in [1.29, 1.82) is 0 Å². The number of amides is 1. The van der Waals surface area contributed by atoms with Gasteiger partial charge in [-0.25, -0.2) is 9.97 Å². The molecule has 4 rings (SSSR count). The Labute approximate surface area is 159 Å². The Morgan fingerprint density at radius 2 is 2.04 bits per heavy atom. The number of nitrogens with zero attached hydrogens (tertiary/aromatic N) is 4. The largest absolute Gasteiger partial charge is 0.406 e. The molecule has 0 unspecified atom stereocenters. The van der Waals surface area contributed by atoms with E-state index in [1.807, 2.05) is 18.3 Å². The molecule has 0 saturated carbocycles. The molecular weight excluding hydrogens is 371 g/mol. The lowest BCUT2D eigenvalue weighted by Crippen LogP contribution is -2.44. The second kappa shape index (κ2) is 6.96. The number of alkyl halides is 3. The van der Waals surface area contributed by atoms with E-state index in [0.29, 0.717) is 25.9 Å². The highest BCUT2D eigenvalue weighted by atomic mass is 19.4. The zero-order valence-electron chi connectivity index (χ0n) is 15.3. The maximum absolute atomic E-state index is 12.5. The van der Waals surface area contributed by atoms with Crippen LogP contribution in [0.15, 0.2) is 30.7 Å². The molecule has 9 heteroatoms. The van der Waals surface area contributed by atoms with Gasteiger partial charge in [-0.1, -0.05) is 0 Å². The van der Waals surface area contributed by atoms with Gasteiger partial charge in [0.2, 0.25) is 5.91 Å². The molecule has 4 heterocycles. The number of aromatic nitrogens is 3. The fourth-order valence-corrected chi connectivity index (χ4v) is 3.89. The van der Waals surface area contributed by atoms with Gasteiger partial charge in [0.25, 0.3) is 0 Å². The monoisotopic (exact) mass is 391 g/mol. The molecule has 0 aliphatic carbocycles. The number of nitrogens with one attached hydrogen (secondary N) is 1. The lowest BCUT2D eigenvalue weighted by molar-refractivity contribution is -0.161. The summed E-state index contributed by atoms with van der Waals surface area (Å²) in [4.78, 5) is 27.3. The van der Waals surface area contributed by atoms with E-state index in [0.717, 1.165) is 32.5 Å². The van der Waals surface area contributed by atoms with Crippen LogP contribution in [-0.4, -0.2) is 58.6 Å². The topological polar surface area (TPSA) is 65.1 Å². The lowest BCUT2D eigenvalue weighted by atomic mass is 9.95. The molecule has 3 aromatic heterocycles. The quantitative estimate of drug-likeness (QED) is 0.744. The number of anilines is 1. The fraction of sp³-hybridized carbons (Fsp3) is 0.421. The molecule has 3 aromatic rings. The SMILES string of the molecule is CN(CC(F)(F)F)C(=O)C1CCN(c2nccc3cnc4[nH]ccc4c23)CC1. The summed E-state index contributed by atoms with van der Waals surface area (Å²) in [7, 11) is 1.21. The number of carbonyl (C=O) groups is 1. The summed E-state index contributed by atoms with van der Waals surface area (Å²) in [6.45, 7) is -0.0807. The van der Waals surface area contributed by atoms with Crippen LogP contribution < -0.4 is 4.90 Å². The van der Waals surface area contributed by atoms with Crippen LogP contribution in [-0.2, 0) is 4.79 Å². The second-order valence-electron chi connectivity index (χ2n) is 7.17. The number of rotatable bonds is 3. The summed E-state index contributed by atoms with van der Waals surface area (Å²) in [5.41, 5.74) is 0.778. The predicted octanol–water partition coefficient (Wildman–Crippen LogP) is 3.35. The van der Waals surface area contributed by atoms with Crippen molar-refractivity contribution >= 4 is 33.5 Å². The number of halogens is 3. The molecule has 1 aliphatic heterocycles. The molecule has 148 valence electrons. The van der Waals surface area contributed by atoms with E-state index < -0.39 is 24.5 Å². The van der Waals surface area contributed by atoms with Crippen LogP contribution in [0.4, 0.5) is 19.0 Å². The van der Waals surface area contributed by atoms with Crippen molar-refractivity contribution in [2.45, 2.75) is 19.0 Å². The molecule has 1 amide bonds. The Balaban J connectivity index is 1.53. The van der Waals surface area contributed by atoms with Crippen molar-refractivity contribution in [3.63, 3.8) is 0 Å². The van der Waals surface area contributed by atoms with Crippen molar-refractivity contribution in [3.05, 3.63) is 30.7 Å². The average molecular weight is 391 g/mol. The van der Waals surface area contributed by atoms with Crippen molar-refractivity contribution in [3.8, 4) is 0 Å². The summed E-state index contributed by atoms with van der Waals surface area (Å²) in [6, 6.07) is 3.86. The van der Waals surface area contributed by atoms with E-state index in [1.165, 1.54) is 7.05 Å². The van der Waals surface area contributed by atoms with Crippen LogP contribution in [0, 0.1) is 5.92 Å². The maximum Gasteiger partial charge on any atom is 0.406 e. The van der Waals surface area contributed by atoms with Crippen LogP contribution in [0.1, 0.15) is 12.8 Å². The van der Waals surface area contributed by atoms with Crippen LogP contribution in [0.5, 0.6) is 0 Å². The van der Waals surface area contributed by atoms with Gasteiger partial charge < -0.3 is 14.8 Å². The second-order valence-corrected chi connectivity index (χ2v) is 7.17. The molecule has 0 bridgehead atoms. The summed E-state index contributed by atoms with van der Waals surface area (Å²) in [5, 5.41) is 2.94. The predicted molar refractivity (Wildman–Crippen MR) is 100 cm³/mol. The third-order valence-electron chi connectivity index (χ3n) is 5.23. The molecule has 0 radical (unpaired) electrons. The smallest absolute Gasteiger partial charge is 0.356 e. The Morgan fingerprint density at radius 1 is 1.29 bits per heavy atom. The molecular formula is C19H20F3N5O. The summed E-state index contributed by atoms with van der Waals surface area (Å²) >= 11 is 0. The van der Waals surface area contributed by atoms with Crippen LogP contribution in [0.25, 0.3) is 21.8 Å². The van der Waals surface area contributed by atoms with Gasteiger partial charge in [0.1, 0.15) is 18.0 Å². The van der Waals surface area contributed by atoms with E-state index >= 15 is 0 Å². The Hall–Kier alpha value is -2.84. The molecule has 0 atom stereocenters. The van der Waals surface area contributed by atoms with Crippen molar-refractivity contribution in [1.82, 2.24) is 19.9 Å². The molecule has 1 fully saturated rings. The number of aromatic amines is 1. The van der Waals surface area contributed by atoms with E-state index in [4.69, 9.17) is 0 Å². The number of carbonyl (C=O) groups excluding carboxylic acids is 1. The van der Waals surface area contributed by atoms with Crippen LogP contribution >= 0.6 is 0 Å². The number of H-pyrrole nitrogens is 1. The molecule has 28 heavy (non-hydrogen) atoms. The van der Waals surface area contributed by atoms with Crippen LogP contribution in [0.3, 0.4) is 0 Å². The molecule has 0 aromatic carbocycles. The van der Waals surface area contributed by atoms with E-state index in [1.54, 1.807) is 12.4 Å². The van der Waals surface area contributed by atoms with Crippen molar-refractivity contribution < 1.29 is 18.0 Å². The van der Waals surface area contributed by atoms with E-state index in [9.17, 15) is 18.0 Å². The molecule has 1 N–H and O–H groups in total.